The number of imidazole rings is 1. The molecule has 0 bridgehead atoms. The fourth-order valence-corrected chi connectivity index (χ4v) is 2.14. The Morgan fingerprint density at radius 2 is 1.73 bits per heavy atom. The summed E-state index contributed by atoms with van der Waals surface area (Å²) in [5.41, 5.74) is 0.946. The van der Waals surface area contributed by atoms with Crippen LogP contribution in [0.1, 0.15) is 10.6 Å². The van der Waals surface area contributed by atoms with Crippen molar-refractivity contribution in [3.05, 3.63) is 60.3 Å². The Morgan fingerprint density at radius 3 is 2.36 bits per heavy atom. The van der Waals surface area contributed by atoms with Crippen LogP contribution in [0.2, 0.25) is 0 Å². The summed E-state index contributed by atoms with van der Waals surface area (Å²) in [6.45, 7) is 0. The summed E-state index contributed by atoms with van der Waals surface area (Å²) in [7, 11) is 0. The summed E-state index contributed by atoms with van der Waals surface area (Å²) < 4.78 is 52.1. The molecule has 112 valence electrons. The van der Waals surface area contributed by atoms with Crippen LogP contribution in [0.25, 0.3) is 16.8 Å². The van der Waals surface area contributed by atoms with Crippen molar-refractivity contribution in [3.63, 3.8) is 0 Å². The second kappa shape index (κ2) is 4.94. The van der Waals surface area contributed by atoms with Gasteiger partial charge in [0.2, 0.25) is 0 Å². The standard InChI is InChI=1S/C15H8F4N2O/c16-10-6-4-9(5-7-10)12-11-3-1-2-8-21(11)14(20-12)13(22)15(17,18)19/h1-8H. The Labute approximate surface area is 121 Å². The van der Waals surface area contributed by atoms with Crippen molar-refractivity contribution in [1.82, 2.24) is 9.38 Å². The van der Waals surface area contributed by atoms with Crippen LogP contribution in [0, 0.1) is 5.82 Å². The molecular formula is C15H8F4N2O. The van der Waals surface area contributed by atoms with Gasteiger partial charge >= 0.3 is 12.0 Å². The monoisotopic (exact) mass is 308 g/mol. The molecule has 1 aromatic carbocycles. The first-order valence-corrected chi connectivity index (χ1v) is 6.22. The second-order valence-corrected chi connectivity index (χ2v) is 4.57. The highest BCUT2D eigenvalue weighted by molar-refractivity contribution is 5.99. The quantitative estimate of drug-likeness (QED) is 0.532. The van der Waals surface area contributed by atoms with E-state index >= 15 is 0 Å². The van der Waals surface area contributed by atoms with Gasteiger partial charge in [-0.05, 0) is 36.4 Å². The number of nitrogens with zero attached hydrogens (tertiary/aromatic N) is 2. The van der Waals surface area contributed by atoms with Crippen molar-refractivity contribution in [2.45, 2.75) is 6.18 Å². The van der Waals surface area contributed by atoms with Gasteiger partial charge in [-0.1, -0.05) is 6.07 Å². The summed E-state index contributed by atoms with van der Waals surface area (Å²) in [5, 5.41) is 0. The van der Waals surface area contributed by atoms with E-state index in [1.54, 1.807) is 12.1 Å². The molecule has 0 aliphatic rings. The molecule has 2 heterocycles. The number of halogens is 4. The Hall–Kier alpha value is -2.70. The van der Waals surface area contributed by atoms with Crippen LogP contribution in [0.15, 0.2) is 48.7 Å². The zero-order valence-corrected chi connectivity index (χ0v) is 10.9. The van der Waals surface area contributed by atoms with E-state index < -0.39 is 23.6 Å². The van der Waals surface area contributed by atoms with E-state index in [0.717, 1.165) is 4.40 Å². The molecule has 0 amide bonds. The van der Waals surface area contributed by atoms with Gasteiger partial charge in [0.1, 0.15) is 5.82 Å². The van der Waals surface area contributed by atoms with Gasteiger partial charge in [-0.25, -0.2) is 9.37 Å². The van der Waals surface area contributed by atoms with Crippen LogP contribution < -0.4 is 0 Å². The molecule has 0 aliphatic carbocycles. The van der Waals surface area contributed by atoms with E-state index in [1.807, 2.05) is 0 Å². The summed E-state index contributed by atoms with van der Waals surface area (Å²) in [4.78, 5) is 15.3. The molecule has 0 N–H and O–H groups in total. The van der Waals surface area contributed by atoms with Crippen LogP contribution in [0.3, 0.4) is 0 Å². The predicted octanol–water partition coefficient (Wildman–Crippen LogP) is 3.89. The van der Waals surface area contributed by atoms with Gasteiger partial charge in [0.05, 0.1) is 11.2 Å². The molecule has 0 aliphatic heterocycles. The normalized spacial score (nSPS) is 11.8. The lowest BCUT2D eigenvalue weighted by molar-refractivity contribution is -0.0891. The smallest absolute Gasteiger partial charge is 0.296 e. The Balaban J connectivity index is 2.25. The van der Waals surface area contributed by atoms with Crippen LogP contribution >= 0.6 is 0 Å². The van der Waals surface area contributed by atoms with Crippen molar-refractivity contribution in [2.24, 2.45) is 0 Å². The van der Waals surface area contributed by atoms with E-state index in [2.05, 4.69) is 4.98 Å². The molecule has 7 heteroatoms. The maximum Gasteiger partial charge on any atom is 0.458 e. The lowest BCUT2D eigenvalue weighted by Crippen LogP contribution is -2.25. The zero-order valence-electron chi connectivity index (χ0n) is 10.9. The summed E-state index contributed by atoms with van der Waals surface area (Å²) in [6.07, 6.45) is -3.69. The molecule has 2 aromatic heterocycles. The van der Waals surface area contributed by atoms with Crippen LogP contribution in [0.4, 0.5) is 17.6 Å². The molecule has 0 atom stereocenters. The number of aromatic nitrogens is 2. The SMILES string of the molecule is O=C(c1nc(-c2ccc(F)cc2)c2ccccn12)C(F)(F)F. The third-order valence-corrected chi connectivity index (χ3v) is 3.13. The minimum Gasteiger partial charge on any atom is -0.296 e. The number of alkyl halides is 3. The van der Waals surface area contributed by atoms with Crippen molar-refractivity contribution in [2.75, 3.05) is 0 Å². The Morgan fingerprint density at radius 1 is 1.05 bits per heavy atom. The highest BCUT2D eigenvalue weighted by atomic mass is 19.4. The van der Waals surface area contributed by atoms with E-state index in [4.69, 9.17) is 0 Å². The number of carbonyl (C=O) groups is 1. The average molecular weight is 308 g/mol. The third kappa shape index (κ3) is 2.34. The Kier molecular flexibility index (Phi) is 3.20. The number of hydrogen-bond donors (Lipinski definition) is 0. The Bertz CT molecular complexity index is 850. The molecule has 0 unspecified atom stereocenters. The van der Waals surface area contributed by atoms with Gasteiger partial charge in [-0.3, -0.25) is 9.20 Å². The molecule has 0 saturated heterocycles. The van der Waals surface area contributed by atoms with Gasteiger partial charge in [0.25, 0.3) is 0 Å². The molecule has 3 nitrogen and oxygen atoms in total. The van der Waals surface area contributed by atoms with Gasteiger partial charge < -0.3 is 0 Å². The first-order chi connectivity index (χ1) is 10.4. The van der Waals surface area contributed by atoms with Crippen LogP contribution in [0.5, 0.6) is 0 Å². The molecule has 3 aromatic rings. The highest BCUT2D eigenvalue weighted by Crippen LogP contribution is 2.28. The predicted molar refractivity (Wildman–Crippen MR) is 71.0 cm³/mol. The van der Waals surface area contributed by atoms with Crippen molar-refractivity contribution in [1.29, 1.82) is 0 Å². The summed E-state index contributed by atoms with van der Waals surface area (Å²) in [5.74, 6) is -3.22. The number of Topliss-reactive ketones (excluding diaryl/α,β-unsaturated/α-hetero) is 1. The molecular weight excluding hydrogens is 300 g/mol. The van der Waals surface area contributed by atoms with Crippen molar-refractivity contribution < 1.29 is 22.4 Å². The largest absolute Gasteiger partial charge is 0.458 e. The summed E-state index contributed by atoms with van der Waals surface area (Å²) >= 11 is 0. The van der Waals surface area contributed by atoms with Gasteiger partial charge in [-0.2, -0.15) is 13.2 Å². The number of fused-ring (bicyclic) bond motifs is 1. The average Bonchev–Trinajstić information content (AvgIpc) is 2.86. The molecule has 0 saturated carbocycles. The minimum atomic E-state index is -5.02. The van der Waals surface area contributed by atoms with Crippen LogP contribution in [-0.2, 0) is 0 Å². The number of hydrogen-bond acceptors (Lipinski definition) is 2. The first kappa shape index (κ1) is 14.2. The number of ketones is 1. The molecule has 3 rings (SSSR count). The number of pyridine rings is 1. The van der Waals surface area contributed by atoms with Gasteiger partial charge in [0, 0.05) is 11.8 Å². The van der Waals surface area contributed by atoms with E-state index in [-0.39, 0.29) is 5.69 Å². The van der Waals surface area contributed by atoms with E-state index in [0.29, 0.717) is 11.1 Å². The number of rotatable bonds is 2. The van der Waals surface area contributed by atoms with Crippen molar-refractivity contribution in [3.8, 4) is 11.3 Å². The van der Waals surface area contributed by atoms with Gasteiger partial charge in [-0.15, -0.1) is 0 Å². The number of carbonyl (C=O) groups excluding carboxylic acids is 1. The maximum absolute atomic E-state index is 13.0. The highest BCUT2D eigenvalue weighted by Gasteiger charge is 2.42. The zero-order chi connectivity index (χ0) is 15.9. The minimum absolute atomic E-state index is 0.188. The maximum atomic E-state index is 13.0. The van der Waals surface area contributed by atoms with Crippen molar-refractivity contribution >= 4 is 11.3 Å². The molecule has 0 spiro atoms. The molecule has 22 heavy (non-hydrogen) atoms. The van der Waals surface area contributed by atoms with Crippen LogP contribution in [-0.4, -0.2) is 21.3 Å². The fourth-order valence-electron chi connectivity index (χ4n) is 2.14. The van der Waals surface area contributed by atoms with E-state index in [9.17, 15) is 22.4 Å². The molecule has 0 radical (unpaired) electrons. The summed E-state index contributed by atoms with van der Waals surface area (Å²) in [6, 6.07) is 9.80. The lowest BCUT2D eigenvalue weighted by Gasteiger charge is -2.03. The second-order valence-electron chi connectivity index (χ2n) is 4.57. The lowest BCUT2D eigenvalue weighted by atomic mass is 10.1. The number of benzene rings is 1. The first-order valence-electron chi connectivity index (χ1n) is 6.22. The van der Waals surface area contributed by atoms with Gasteiger partial charge in [0.15, 0.2) is 5.82 Å². The molecule has 0 fully saturated rings. The third-order valence-electron chi connectivity index (χ3n) is 3.13. The fraction of sp³-hybridized carbons (Fsp3) is 0.0667. The topological polar surface area (TPSA) is 34.4 Å². The van der Waals surface area contributed by atoms with E-state index in [1.165, 1.54) is 36.5 Å².